The summed E-state index contributed by atoms with van der Waals surface area (Å²) in [6.45, 7) is 11.3. The summed E-state index contributed by atoms with van der Waals surface area (Å²) in [5.41, 5.74) is 0. The molecule has 55 heavy (non-hydrogen) atoms. The first-order chi connectivity index (χ1) is 26.8. The third-order valence-corrected chi connectivity index (χ3v) is 11.3. The van der Waals surface area contributed by atoms with Gasteiger partial charge in [0.15, 0.2) is 6.10 Å². The summed E-state index contributed by atoms with van der Waals surface area (Å²) in [4.78, 5) is 37.8. The van der Waals surface area contributed by atoms with E-state index in [9.17, 15) is 14.4 Å². The predicted octanol–water partition coefficient (Wildman–Crippen LogP) is 15.4. The van der Waals surface area contributed by atoms with Crippen molar-refractivity contribution in [3.63, 3.8) is 0 Å². The van der Waals surface area contributed by atoms with Gasteiger partial charge in [-0.05, 0) is 31.1 Å². The van der Waals surface area contributed by atoms with Crippen LogP contribution in [0.1, 0.15) is 266 Å². The first-order valence-electron chi connectivity index (χ1n) is 24.3. The number of rotatable bonds is 43. The van der Waals surface area contributed by atoms with Crippen LogP contribution in [-0.2, 0) is 28.6 Å². The van der Waals surface area contributed by atoms with Crippen molar-refractivity contribution in [1.29, 1.82) is 0 Å². The molecule has 0 radical (unpaired) electrons. The Bertz CT molecular complexity index is 841. The molecule has 0 aromatic carbocycles. The SMILES string of the molecule is CCCCCCCCCCCCCCCCCC(=O)OC[C@@H](COC(=O)CCCCCCCCCC(C)C)OC(=O)CCCCCCCCCCC(C)CC. The lowest BCUT2D eigenvalue weighted by atomic mass is 9.99. The number of ether oxygens (including phenoxy) is 3. The highest BCUT2D eigenvalue weighted by atomic mass is 16.6. The highest BCUT2D eigenvalue weighted by Gasteiger charge is 2.19. The van der Waals surface area contributed by atoms with Gasteiger partial charge >= 0.3 is 17.9 Å². The minimum Gasteiger partial charge on any atom is -0.462 e. The van der Waals surface area contributed by atoms with Gasteiger partial charge < -0.3 is 14.2 Å². The zero-order chi connectivity index (χ0) is 40.5. The fourth-order valence-corrected chi connectivity index (χ4v) is 7.25. The molecule has 0 aromatic rings. The predicted molar refractivity (Wildman–Crippen MR) is 233 cm³/mol. The van der Waals surface area contributed by atoms with Crippen molar-refractivity contribution in [2.24, 2.45) is 11.8 Å². The smallest absolute Gasteiger partial charge is 0.306 e. The minimum absolute atomic E-state index is 0.0650. The van der Waals surface area contributed by atoms with Gasteiger partial charge in [-0.2, -0.15) is 0 Å². The van der Waals surface area contributed by atoms with Crippen molar-refractivity contribution < 1.29 is 28.6 Å². The third-order valence-electron chi connectivity index (χ3n) is 11.3. The van der Waals surface area contributed by atoms with Crippen LogP contribution in [0.2, 0.25) is 0 Å². The molecule has 0 amide bonds. The quantitative estimate of drug-likeness (QED) is 0.0348. The molecule has 0 N–H and O–H groups in total. The number of esters is 3. The van der Waals surface area contributed by atoms with E-state index in [0.717, 1.165) is 69.6 Å². The largest absolute Gasteiger partial charge is 0.462 e. The Hall–Kier alpha value is -1.59. The van der Waals surface area contributed by atoms with E-state index in [1.807, 2.05) is 0 Å². The van der Waals surface area contributed by atoms with Gasteiger partial charge in [-0.1, -0.05) is 227 Å². The van der Waals surface area contributed by atoms with Crippen molar-refractivity contribution in [3.05, 3.63) is 0 Å². The van der Waals surface area contributed by atoms with E-state index in [4.69, 9.17) is 14.2 Å². The van der Waals surface area contributed by atoms with E-state index in [-0.39, 0.29) is 31.1 Å². The molecule has 6 nitrogen and oxygen atoms in total. The minimum atomic E-state index is -0.761. The Morgan fingerprint density at radius 3 is 1.04 bits per heavy atom. The van der Waals surface area contributed by atoms with E-state index in [1.54, 1.807) is 0 Å². The van der Waals surface area contributed by atoms with Crippen LogP contribution in [0.3, 0.4) is 0 Å². The number of hydrogen-bond donors (Lipinski definition) is 0. The average molecular weight is 779 g/mol. The summed E-state index contributed by atoms with van der Waals surface area (Å²) < 4.78 is 16.7. The van der Waals surface area contributed by atoms with Crippen LogP contribution in [0.5, 0.6) is 0 Å². The van der Waals surface area contributed by atoms with Gasteiger partial charge in [-0.3, -0.25) is 14.4 Å². The van der Waals surface area contributed by atoms with Crippen LogP contribution < -0.4 is 0 Å². The Kier molecular flexibility index (Phi) is 40.8. The van der Waals surface area contributed by atoms with Crippen LogP contribution in [0.4, 0.5) is 0 Å². The normalized spacial score (nSPS) is 12.5. The lowest BCUT2D eigenvalue weighted by Crippen LogP contribution is -2.30. The second kappa shape index (κ2) is 42.0. The fourth-order valence-electron chi connectivity index (χ4n) is 7.25. The molecule has 1 unspecified atom stereocenters. The average Bonchev–Trinajstić information content (AvgIpc) is 3.17. The molecule has 0 rings (SSSR count). The molecule has 2 atom stereocenters. The van der Waals surface area contributed by atoms with Gasteiger partial charge in [-0.15, -0.1) is 0 Å². The summed E-state index contributed by atoms with van der Waals surface area (Å²) in [7, 11) is 0. The molecular weight excluding hydrogens is 685 g/mol. The van der Waals surface area contributed by atoms with Gasteiger partial charge in [0.1, 0.15) is 13.2 Å². The zero-order valence-electron chi connectivity index (χ0n) is 37.6. The lowest BCUT2D eigenvalue weighted by Gasteiger charge is -2.18. The van der Waals surface area contributed by atoms with Gasteiger partial charge in [0.25, 0.3) is 0 Å². The molecule has 0 aliphatic rings. The first kappa shape index (κ1) is 53.4. The van der Waals surface area contributed by atoms with Crippen molar-refractivity contribution in [2.45, 2.75) is 272 Å². The van der Waals surface area contributed by atoms with Crippen molar-refractivity contribution in [3.8, 4) is 0 Å². The number of carbonyl (C=O) groups excluding carboxylic acids is 3. The summed E-state index contributed by atoms with van der Waals surface area (Å²) in [6.07, 6.45) is 40.9. The van der Waals surface area contributed by atoms with E-state index < -0.39 is 6.10 Å². The maximum atomic E-state index is 12.7. The van der Waals surface area contributed by atoms with E-state index in [0.29, 0.717) is 19.3 Å². The van der Waals surface area contributed by atoms with Crippen LogP contribution in [-0.4, -0.2) is 37.2 Å². The third kappa shape index (κ3) is 41.9. The van der Waals surface area contributed by atoms with Crippen LogP contribution >= 0.6 is 0 Å². The Morgan fingerprint density at radius 2 is 0.691 bits per heavy atom. The monoisotopic (exact) mass is 779 g/mol. The zero-order valence-corrected chi connectivity index (χ0v) is 37.6. The highest BCUT2D eigenvalue weighted by Crippen LogP contribution is 2.17. The molecule has 6 heteroatoms. The molecule has 0 saturated carbocycles. The summed E-state index contributed by atoms with van der Waals surface area (Å²) in [6, 6.07) is 0. The molecule has 0 spiro atoms. The molecular formula is C49H94O6. The number of carbonyl (C=O) groups is 3. The van der Waals surface area contributed by atoms with Gasteiger partial charge in [0.05, 0.1) is 0 Å². The molecule has 0 aliphatic heterocycles. The summed E-state index contributed by atoms with van der Waals surface area (Å²) in [5, 5.41) is 0. The van der Waals surface area contributed by atoms with Crippen molar-refractivity contribution in [2.75, 3.05) is 13.2 Å². The highest BCUT2D eigenvalue weighted by molar-refractivity contribution is 5.71. The Morgan fingerprint density at radius 1 is 0.382 bits per heavy atom. The van der Waals surface area contributed by atoms with E-state index in [2.05, 4.69) is 34.6 Å². The molecule has 0 aromatic heterocycles. The Balaban J connectivity index is 4.31. The van der Waals surface area contributed by atoms with E-state index in [1.165, 1.54) is 154 Å². The molecule has 0 bridgehead atoms. The van der Waals surface area contributed by atoms with Gasteiger partial charge in [0.2, 0.25) is 0 Å². The van der Waals surface area contributed by atoms with E-state index >= 15 is 0 Å². The molecule has 0 heterocycles. The molecule has 326 valence electrons. The topological polar surface area (TPSA) is 78.9 Å². The molecule has 0 aliphatic carbocycles. The van der Waals surface area contributed by atoms with Crippen molar-refractivity contribution in [1.82, 2.24) is 0 Å². The second-order valence-electron chi connectivity index (χ2n) is 17.5. The standard InChI is InChI=1S/C49H94O6/c1-6-8-9-10-11-12-13-14-15-16-17-18-24-29-34-39-47(50)53-42-46(43-54-48(51)40-35-30-26-21-22-27-32-37-44(3)4)55-49(52)41-36-31-25-20-19-23-28-33-38-45(5)7-2/h44-46H,6-43H2,1-5H3/t45?,46-/m0/s1. The van der Waals surface area contributed by atoms with Crippen molar-refractivity contribution >= 4 is 17.9 Å². The first-order valence-corrected chi connectivity index (χ1v) is 24.3. The lowest BCUT2D eigenvalue weighted by molar-refractivity contribution is -0.167. The number of hydrogen-bond acceptors (Lipinski definition) is 6. The Labute approximate surface area is 342 Å². The van der Waals surface area contributed by atoms with Crippen LogP contribution in [0.15, 0.2) is 0 Å². The second-order valence-corrected chi connectivity index (χ2v) is 17.5. The molecule has 0 saturated heterocycles. The molecule has 0 fully saturated rings. The van der Waals surface area contributed by atoms with Gasteiger partial charge in [0, 0.05) is 19.3 Å². The van der Waals surface area contributed by atoms with Gasteiger partial charge in [-0.25, -0.2) is 0 Å². The maximum absolute atomic E-state index is 12.7. The fraction of sp³-hybridized carbons (Fsp3) is 0.939. The number of unbranched alkanes of at least 4 members (excludes halogenated alkanes) is 27. The summed E-state index contributed by atoms with van der Waals surface area (Å²) in [5.74, 6) is 0.769. The maximum Gasteiger partial charge on any atom is 0.306 e. The van der Waals surface area contributed by atoms with Crippen LogP contribution in [0.25, 0.3) is 0 Å². The van der Waals surface area contributed by atoms with Crippen LogP contribution in [0, 0.1) is 11.8 Å². The summed E-state index contributed by atoms with van der Waals surface area (Å²) >= 11 is 0.